The minimum atomic E-state index is -3.87. The Bertz CT molecular complexity index is 1480. The van der Waals surface area contributed by atoms with Gasteiger partial charge in [0.15, 0.2) is 0 Å². The van der Waals surface area contributed by atoms with E-state index >= 15 is 0 Å². The van der Waals surface area contributed by atoms with E-state index in [0.29, 0.717) is 11.4 Å². The molecule has 178 valence electrons. The van der Waals surface area contributed by atoms with Gasteiger partial charge in [0.05, 0.1) is 17.1 Å². The molecule has 0 unspecified atom stereocenters. The molecule has 0 saturated heterocycles. The maximum absolute atomic E-state index is 13.1. The Labute approximate surface area is 204 Å². The van der Waals surface area contributed by atoms with E-state index in [0.717, 1.165) is 15.1 Å². The quantitative estimate of drug-likeness (QED) is 0.419. The highest BCUT2D eigenvalue weighted by atomic mass is 32.2. The molecule has 0 spiro atoms. The summed E-state index contributed by atoms with van der Waals surface area (Å²) in [6, 6.07) is 27.8. The fraction of sp³-hybridized carbons (Fsp3) is 0.111. The molecular weight excluding hydrogens is 462 g/mol. The Morgan fingerprint density at radius 3 is 2.23 bits per heavy atom. The standard InChI is InChI=1S/C27H25N3O4S/c1-29(19-26(31)28-25-17-9-11-20-10-6-7-16-24(20)25)27(32)21-12-8-15-23(18-21)35(33,34)30(2)22-13-4-3-5-14-22/h3-18H,19H2,1-2H3,(H,28,31). The summed E-state index contributed by atoms with van der Waals surface area (Å²) in [5.41, 5.74) is 1.34. The second-order valence-corrected chi connectivity index (χ2v) is 10.0. The van der Waals surface area contributed by atoms with Crippen LogP contribution >= 0.6 is 0 Å². The summed E-state index contributed by atoms with van der Waals surface area (Å²) in [4.78, 5) is 26.9. The highest BCUT2D eigenvalue weighted by Crippen LogP contribution is 2.24. The molecule has 4 aromatic carbocycles. The van der Waals surface area contributed by atoms with E-state index in [2.05, 4.69) is 5.32 Å². The van der Waals surface area contributed by atoms with Crippen molar-refractivity contribution in [3.05, 3.63) is 103 Å². The van der Waals surface area contributed by atoms with Crippen LogP contribution in [0.5, 0.6) is 0 Å². The van der Waals surface area contributed by atoms with E-state index in [1.54, 1.807) is 36.4 Å². The van der Waals surface area contributed by atoms with E-state index in [9.17, 15) is 18.0 Å². The Morgan fingerprint density at radius 2 is 1.46 bits per heavy atom. The van der Waals surface area contributed by atoms with Crippen molar-refractivity contribution in [1.29, 1.82) is 0 Å². The van der Waals surface area contributed by atoms with Crippen molar-refractivity contribution < 1.29 is 18.0 Å². The van der Waals surface area contributed by atoms with Gasteiger partial charge in [-0.15, -0.1) is 0 Å². The fourth-order valence-corrected chi connectivity index (χ4v) is 5.00. The van der Waals surface area contributed by atoms with E-state index in [1.807, 2.05) is 36.4 Å². The number of fused-ring (bicyclic) bond motifs is 1. The normalized spacial score (nSPS) is 11.1. The van der Waals surface area contributed by atoms with Crippen molar-refractivity contribution in [3.8, 4) is 0 Å². The third-order valence-corrected chi connectivity index (χ3v) is 7.43. The number of carbonyl (C=O) groups is 2. The molecule has 0 atom stereocenters. The van der Waals surface area contributed by atoms with Crippen LogP contribution in [0, 0.1) is 0 Å². The molecule has 0 fully saturated rings. The van der Waals surface area contributed by atoms with Crippen LogP contribution in [0.4, 0.5) is 11.4 Å². The monoisotopic (exact) mass is 487 g/mol. The van der Waals surface area contributed by atoms with Crippen molar-refractivity contribution >= 4 is 44.0 Å². The number of nitrogens with one attached hydrogen (secondary N) is 1. The Balaban J connectivity index is 1.48. The van der Waals surface area contributed by atoms with Gasteiger partial charge >= 0.3 is 0 Å². The molecule has 7 nitrogen and oxygen atoms in total. The maximum Gasteiger partial charge on any atom is 0.264 e. The first-order valence-electron chi connectivity index (χ1n) is 10.9. The number of carbonyl (C=O) groups excluding carboxylic acids is 2. The average molecular weight is 488 g/mol. The summed E-state index contributed by atoms with van der Waals surface area (Å²) < 4.78 is 27.4. The Hall–Kier alpha value is -4.17. The van der Waals surface area contributed by atoms with Crippen LogP contribution < -0.4 is 9.62 Å². The van der Waals surface area contributed by atoms with Crippen LogP contribution in [0.2, 0.25) is 0 Å². The maximum atomic E-state index is 13.1. The lowest BCUT2D eigenvalue weighted by Crippen LogP contribution is -2.35. The highest BCUT2D eigenvalue weighted by molar-refractivity contribution is 7.92. The zero-order valence-corrected chi connectivity index (χ0v) is 20.2. The zero-order chi connectivity index (χ0) is 25.0. The van der Waals surface area contributed by atoms with Crippen LogP contribution in [0.1, 0.15) is 10.4 Å². The molecule has 0 bridgehead atoms. The molecule has 0 heterocycles. The van der Waals surface area contributed by atoms with Crippen molar-refractivity contribution in [2.75, 3.05) is 30.3 Å². The van der Waals surface area contributed by atoms with Crippen molar-refractivity contribution in [1.82, 2.24) is 4.90 Å². The topological polar surface area (TPSA) is 86.8 Å². The van der Waals surface area contributed by atoms with Crippen molar-refractivity contribution in [2.24, 2.45) is 0 Å². The molecule has 1 N–H and O–H groups in total. The third-order valence-electron chi connectivity index (χ3n) is 5.65. The second kappa shape index (κ2) is 9.99. The average Bonchev–Trinajstić information content (AvgIpc) is 2.88. The van der Waals surface area contributed by atoms with Gasteiger partial charge < -0.3 is 10.2 Å². The molecule has 0 aliphatic heterocycles. The van der Waals surface area contributed by atoms with Gasteiger partial charge in [0.2, 0.25) is 5.91 Å². The highest BCUT2D eigenvalue weighted by Gasteiger charge is 2.23. The van der Waals surface area contributed by atoms with Crippen LogP contribution in [0.25, 0.3) is 10.8 Å². The van der Waals surface area contributed by atoms with Gasteiger partial charge in [-0.3, -0.25) is 13.9 Å². The molecule has 4 rings (SSSR count). The minimum absolute atomic E-state index is 0.0108. The third kappa shape index (κ3) is 5.17. The molecule has 0 saturated carbocycles. The van der Waals surface area contributed by atoms with E-state index in [4.69, 9.17) is 0 Å². The molecular formula is C27H25N3O4S. The van der Waals surface area contributed by atoms with Crippen LogP contribution in [0.3, 0.4) is 0 Å². The van der Waals surface area contributed by atoms with Gasteiger partial charge in [-0.05, 0) is 41.8 Å². The number of para-hydroxylation sites is 1. The van der Waals surface area contributed by atoms with Gasteiger partial charge in [0.1, 0.15) is 0 Å². The van der Waals surface area contributed by atoms with Gasteiger partial charge in [-0.25, -0.2) is 8.42 Å². The first-order valence-corrected chi connectivity index (χ1v) is 12.4. The summed E-state index contributed by atoms with van der Waals surface area (Å²) in [5.74, 6) is -0.817. The van der Waals surface area contributed by atoms with Gasteiger partial charge in [0, 0.05) is 30.7 Å². The van der Waals surface area contributed by atoms with E-state index < -0.39 is 15.9 Å². The summed E-state index contributed by atoms with van der Waals surface area (Å²) in [5, 5.41) is 4.75. The molecule has 0 aromatic heterocycles. The lowest BCUT2D eigenvalue weighted by molar-refractivity contribution is -0.116. The zero-order valence-electron chi connectivity index (χ0n) is 19.4. The number of amides is 2. The molecule has 0 radical (unpaired) electrons. The number of nitrogens with zero attached hydrogens (tertiary/aromatic N) is 2. The van der Waals surface area contributed by atoms with Gasteiger partial charge in [-0.1, -0.05) is 60.7 Å². The number of anilines is 2. The number of likely N-dealkylation sites (N-methyl/N-ethyl adjacent to an activating group) is 1. The fourth-order valence-electron chi connectivity index (χ4n) is 3.76. The summed E-state index contributed by atoms with van der Waals surface area (Å²) in [7, 11) is -0.912. The first-order chi connectivity index (χ1) is 16.8. The van der Waals surface area contributed by atoms with Crippen molar-refractivity contribution in [3.63, 3.8) is 0 Å². The summed E-state index contributed by atoms with van der Waals surface area (Å²) in [6.07, 6.45) is 0. The molecule has 4 aromatic rings. The summed E-state index contributed by atoms with van der Waals surface area (Å²) >= 11 is 0. The van der Waals surface area contributed by atoms with Crippen LogP contribution in [-0.4, -0.2) is 45.8 Å². The van der Waals surface area contributed by atoms with Crippen molar-refractivity contribution in [2.45, 2.75) is 4.90 Å². The molecule has 0 aliphatic carbocycles. The Kier molecular flexibility index (Phi) is 6.84. The summed E-state index contributed by atoms with van der Waals surface area (Å²) in [6.45, 7) is -0.192. The van der Waals surface area contributed by atoms with Crippen LogP contribution in [-0.2, 0) is 14.8 Å². The Morgan fingerprint density at radius 1 is 0.800 bits per heavy atom. The second-order valence-electron chi connectivity index (χ2n) is 8.07. The van der Waals surface area contributed by atoms with E-state index in [1.165, 1.54) is 43.3 Å². The lowest BCUT2D eigenvalue weighted by atomic mass is 10.1. The smallest absolute Gasteiger partial charge is 0.264 e. The van der Waals surface area contributed by atoms with Gasteiger partial charge in [-0.2, -0.15) is 0 Å². The number of sulfonamides is 1. The number of benzene rings is 4. The predicted octanol–water partition coefficient (Wildman–Crippen LogP) is 4.38. The molecule has 8 heteroatoms. The SMILES string of the molecule is CN(CC(=O)Nc1cccc2ccccc12)C(=O)c1cccc(S(=O)(=O)N(C)c2ccccc2)c1. The minimum Gasteiger partial charge on any atom is -0.332 e. The largest absolute Gasteiger partial charge is 0.332 e. The molecule has 35 heavy (non-hydrogen) atoms. The predicted molar refractivity (Wildman–Crippen MR) is 138 cm³/mol. The number of hydrogen-bond donors (Lipinski definition) is 1. The molecule has 0 aliphatic rings. The van der Waals surface area contributed by atoms with E-state index in [-0.39, 0.29) is 22.9 Å². The number of rotatable bonds is 7. The van der Waals surface area contributed by atoms with Crippen LogP contribution in [0.15, 0.2) is 102 Å². The first kappa shape index (κ1) is 24.0. The number of hydrogen-bond acceptors (Lipinski definition) is 4. The van der Waals surface area contributed by atoms with Gasteiger partial charge in [0.25, 0.3) is 15.9 Å². The molecule has 2 amide bonds. The lowest BCUT2D eigenvalue weighted by Gasteiger charge is -2.21.